The molecule has 0 amide bonds. The van der Waals surface area contributed by atoms with Crippen LogP contribution in [0.15, 0.2) is 48.5 Å². The fourth-order valence-electron chi connectivity index (χ4n) is 7.86. The zero-order valence-electron chi connectivity index (χ0n) is 37.8. The highest BCUT2D eigenvalue weighted by molar-refractivity contribution is 7.97. The van der Waals surface area contributed by atoms with Crippen molar-refractivity contribution in [1.82, 2.24) is 24.1 Å². The number of aromatic hydroxyl groups is 1. The molecular weight excluding hydrogens is 845 g/mol. The fourth-order valence-corrected chi connectivity index (χ4v) is 10.2. The number of phenols is 1. The SMILES string of the molecule is COCCOCCc1nn(C)c(-c2c(Cl)ccc3c(CCCO[Si](C)(C)C(C)(C)C)c(C(=O)OC)n(C)c23)c1CSCc1cc(CCc2cc(O)c3ccc(F)cc3c2)n(C)n1. The van der Waals surface area contributed by atoms with Crippen LogP contribution in [-0.4, -0.2) is 84.2 Å². The van der Waals surface area contributed by atoms with Gasteiger partial charge in [0.05, 0.1) is 54.6 Å². The summed E-state index contributed by atoms with van der Waals surface area (Å²) in [4.78, 5) is 13.5. The van der Waals surface area contributed by atoms with E-state index in [9.17, 15) is 14.3 Å². The lowest BCUT2D eigenvalue weighted by Crippen LogP contribution is -2.41. The summed E-state index contributed by atoms with van der Waals surface area (Å²) < 4.78 is 42.7. The Hall–Kier alpha value is -4.18. The molecule has 0 radical (unpaired) electrons. The lowest BCUT2D eigenvalue weighted by molar-refractivity contribution is 0.0589. The molecule has 0 spiro atoms. The van der Waals surface area contributed by atoms with Crippen LogP contribution >= 0.6 is 23.4 Å². The molecule has 0 saturated carbocycles. The van der Waals surface area contributed by atoms with E-state index in [0.29, 0.717) is 85.1 Å². The van der Waals surface area contributed by atoms with Gasteiger partial charge in [-0.1, -0.05) is 44.5 Å². The van der Waals surface area contributed by atoms with Gasteiger partial charge in [0.2, 0.25) is 0 Å². The molecule has 0 aliphatic rings. The molecular formula is C47H61ClFN5O6SSi. The van der Waals surface area contributed by atoms with Crippen LogP contribution in [0.3, 0.4) is 0 Å². The van der Waals surface area contributed by atoms with Gasteiger partial charge in [0.25, 0.3) is 0 Å². The van der Waals surface area contributed by atoms with Gasteiger partial charge in [0.1, 0.15) is 17.3 Å². The third kappa shape index (κ3) is 10.4. The van der Waals surface area contributed by atoms with E-state index in [1.807, 2.05) is 53.3 Å². The van der Waals surface area contributed by atoms with Gasteiger partial charge in [-0.15, -0.1) is 0 Å². The van der Waals surface area contributed by atoms with E-state index in [1.165, 1.54) is 19.2 Å². The predicted molar refractivity (Wildman–Crippen MR) is 251 cm³/mol. The van der Waals surface area contributed by atoms with Gasteiger partial charge in [-0.05, 0) is 96.7 Å². The number of rotatable bonds is 20. The number of hydrogen-bond acceptors (Lipinski definition) is 9. The second kappa shape index (κ2) is 20.1. The Morgan fingerprint density at radius 3 is 2.35 bits per heavy atom. The largest absolute Gasteiger partial charge is 0.507 e. The van der Waals surface area contributed by atoms with Crippen molar-refractivity contribution in [2.45, 2.75) is 82.5 Å². The Morgan fingerprint density at radius 2 is 1.63 bits per heavy atom. The van der Waals surface area contributed by atoms with Crippen molar-refractivity contribution in [3.05, 3.63) is 98.8 Å². The third-order valence-corrected chi connectivity index (χ3v) is 18.0. The van der Waals surface area contributed by atoms with Crippen molar-refractivity contribution in [1.29, 1.82) is 0 Å². The summed E-state index contributed by atoms with van der Waals surface area (Å²) in [5.41, 5.74) is 8.81. The second-order valence-electron chi connectivity index (χ2n) is 17.4. The van der Waals surface area contributed by atoms with Crippen molar-refractivity contribution >= 4 is 59.3 Å². The minimum absolute atomic E-state index is 0.0967. The zero-order chi connectivity index (χ0) is 44.9. The molecule has 11 nitrogen and oxygen atoms in total. The van der Waals surface area contributed by atoms with Crippen LogP contribution in [0.25, 0.3) is 32.9 Å². The third-order valence-electron chi connectivity index (χ3n) is 12.2. The van der Waals surface area contributed by atoms with E-state index in [4.69, 9.17) is 40.4 Å². The maximum Gasteiger partial charge on any atom is 0.354 e. The molecule has 3 heterocycles. The number of hydrogen-bond donors (Lipinski definition) is 1. The van der Waals surface area contributed by atoms with E-state index in [-0.39, 0.29) is 16.6 Å². The molecule has 6 rings (SSSR count). The summed E-state index contributed by atoms with van der Waals surface area (Å²) in [7, 11) is 6.91. The highest BCUT2D eigenvalue weighted by Gasteiger charge is 2.37. The molecule has 6 aromatic rings. The van der Waals surface area contributed by atoms with Crippen LogP contribution in [0, 0.1) is 5.82 Å². The van der Waals surface area contributed by atoms with E-state index in [0.717, 1.165) is 62.4 Å². The average molecular weight is 907 g/mol. The summed E-state index contributed by atoms with van der Waals surface area (Å²) in [6.45, 7) is 13.3. The summed E-state index contributed by atoms with van der Waals surface area (Å²) in [6.07, 6.45) is 3.33. The number of aryl methyl sites for hydroxylation is 6. The lowest BCUT2D eigenvalue weighted by atomic mass is 10.00. The van der Waals surface area contributed by atoms with Gasteiger partial charge in [0.15, 0.2) is 8.32 Å². The van der Waals surface area contributed by atoms with Crippen molar-refractivity contribution in [2.24, 2.45) is 21.1 Å². The van der Waals surface area contributed by atoms with Crippen LogP contribution in [0.1, 0.15) is 71.5 Å². The lowest BCUT2D eigenvalue weighted by Gasteiger charge is -2.36. The van der Waals surface area contributed by atoms with Gasteiger partial charge < -0.3 is 28.3 Å². The minimum atomic E-state index is -1.95. The highest BCUT2D eigenvalue weighted by atomic mass is 35.5. The van der Waals surface area contributed by atoms with E-state index in [2.05, 4.69) is 39.9 Å². The molecule has 62 heavy (non-hydrogen) atoms. The van der Waals surface area contributed by atoms with Gasteiger partial charge in [-0.25, -0.2) is 9.18 Å². The Balaban J connectivity index is 1.28. The number of fused-ring (bicyclic) bond motifs is 2. The molecule has 3 aromatic carbocycles. The number of aromatic nitrogens is 5. The topological polar surface area (TPSA) is 115 Å². The highest BCUT2D eigenvalue weighted by Crippen LogP contribution is 2.43. The smallest absolute Gasteiger partial charge is 0.354 e. The standard InChI is InChI=1S/C47H61ClFN5O6SSi/c1-47(2,3)62(9,10)60-20-11-12-36-37-17-18-39(48)42(43(37)52(4)45(36)46(56)58-8)44-38(40(51-54(44)6)19-21-59-23-22-57-7)29-61-28-33-27-34(53(5)50-33)15-13-30-24-31-26-32(49)14-16-35(31)41(55)25-30/h14,16-18,24-27,55H,11-13,15,19-23,28-29H2,1-10H3. The number of halogens is 2. The Kier molecular flexibility index (Phi) is 15.3. The van der Waals surface area contributed by atoms with Crippen LogP contribution in [0.2, 0.25) is 23.2 Å². The summed E-state index contributed by atoms with van der Waals surface area (Å²) in [5.74, 6) is 0.680. The number of esters is 1. The Labute approximate surface area is 374 Å². The molecule has 0 bridgehead atoms. The number of carbonyl (C=O) groups is 1. The normalized spacial score (nSPS) is 12.3. The number of carbonyl (C=O) groups excluding carboxylic acids is 1. The number of nitrogens with zero attached hydrogens (tertiary/aromatic N) is 5. The molecule has 0 fully saturated rings. The first kappa shape index (κ1) is 47.3. The van der Waals surface area contributed by atoms with Crippen LogP contribution < -0.4 is 0 Å². The maximum absolute atomic E-state index is 14.0. The monoisotopic (exact) mass is 905 g/mol. The van der Waals surface area contributed by atoms with Crippen LogP contribution in [0.4, 0.5) is 4.39 Å². The van der Waals surface area contributed by atoms with Crippen molar-refractivity contribution in [3.8, 4) is 17.0 Å². The summed E-state index contributed by atoms with van der Waals surface area (Å²) >= 11 is 8.95. The summed E-state index contributed by atoms with van der Waals surface area (Å²) in [6, 6.07) is 14.1. The van der Waals surface area contributed by atoms with E-state index in [1.54, 1.807) is 31.0 Å². The first-order valence-electron chi connectivity index (χ1n) is 21.1. The quantitative estimate of drug-likeness (QED) is 0.0454. The first-order valence-corrected chi connectivity index (χ1v) is 25.5. The number of thioether (sulfide) groups is 1. The Bertz CT molecular complexity index is 2540. The van der Waals surface area contributed by atoms with Gasteiger partial charge in [-0.3, -0.25) is 9.36 Å². The molecule has 0 aliphatic heterocycles. The molecule has 3 aromatic heterocycles. The molecule has 0 saturated heterocycles. The summed E-state index contributed by atoms with van der Waals surface area (Å²) in [5, 5.41) is 23.4. The molecule has 334 valence electrons. The van der Waals surface area contributed by atoms with E-state index >= 15 is 0 Å². The molecule has 15 heteroatoms. The first-order chi connectivity index (χ1) is 29.4. The predicted octanol–water partition coefficient (Wildman–Crippen LogP) is 10.1. The zero-order valence-corrected chi connectivity index (χ0v) is 40.4. The molecule has 0 atom stereocenters. The number of benzene rings is 3. The molecule has 0 aliphatic carbocycles. The maximum atomic E-state index is 14.0. The fraction of sp³-hybridized carbons (Fsp3) is 0.468. The van der Waals surface area contributed by atoms with Crippen molar-refractivity contribution in [2.75, 3.05) is 40.6 Å². The molecule has 0 unspecified atom stereocenters. The number of phenolic OH excluding ortho intramolecular Hbond substituents is 1. The number of methoxy groups -OCH3 is 2. The number of ether oxygens (including phenoxy) is 3. The van der Waals surface area contributed by atoms with Gasteiger partial charge in [0, 0.05) is 80.4 Å². The van der Waals surface area contributed by atoms with Crippen LogP contribution in [0.5, 0.6) is 5.75 Å². The van der Waals surface area contributed by atoms with Crippen molar-refractivity contribution < 1.29 is 32.9 Å². The van der Waals surface area contributed by atoms with Crippen molar-refractivity contribution in [3.63, 3.8) is 0 Å². The van der Waals surface area contributed by atoms with Gasteiger partial charge in [-0.2, -0.15) is 22.0 Å². The van der Waals surface area contributed by atoms with Crippen LogP contribution in [-0.2, 0) is 77.0 Å². The van der Waals surface area contributed by atoms with Gasteiger partial charge >= 0.3 is 5.97 Å². The minimum Gasteiger partial charge on any atom is -0.507 e. The molecule has 1 N–H and O–H groups in total. The average Bonchev–Trinajstić information content (AvgIpc) is 3.83. The van der Waals surface area contributed by atoms with E-state index < -0.39 is 14.3 Å². The second-order valence-corrected chi connectivity index (χ2v) is 23.6. The Morgan fingerprint density at radius 1 is 0.871 bits per heavy atom.